The van der Waals surface area contributed by atoms with E-state index in [0.29, 0.717) is 19.5 Å². The second-order valence-corrected chi connectivity index (χ2v) is 5.92. The zero-order chi connectivity index (χ0) is 15.5. The number of rotatable bonds is 4. The van der Waals surface area contributed by atoms with Crippen molar-refractivity contribution in [2.45, 2.75) is 31.3 Å². The lowest BCUT2D eigenvalue weighted by atomic mass is 10.1. The van der Waals surface area contributed by atoms with E-state index in [1.165, 1.54) is 11.1 Å². The smallest absolute Gasteiger partial charge is 0.315 e. The van der Waals surface area contributed by atoms with Crippen LogP contribution in [0.15, 0.2) is 36.9 Å². The van der Waals surface area contributed by atoms with Gasteiger partial charge in [-0.05, 0) is 24.0 Å². The van der Waals surface area contributed by atoms with Gasteiger partial charge in [-0.25, -0.2) is 4.79 Å². The van der Waals surface area contributed by atoms with Gasteiger partial charge in [0, 0.05) is 25.6 Å². The number of hydrogen-bond donors (Lipinski definition) is 2. The molecule has 0 spiro atoms. The number of likely N-dealkylation sites (tertiary alicyclic amines) is 1. The van der Waals surface area contributed by atoms with Crippen molar-refractivity contribution >= 4 is 11.9 Å². The Morgan fingerprint density at radius 1 is 1.27 bits per heavy atom. The lowest BCUT2D eigenvalue weighted by Crippen LogP contribution is -2.44. The molecule has 1 saturated heterocycles. The van der Waals surface area contributed by atoms with E-state index >= 15 is 0 Å². The first-order valence-electron chi connectivity index (χ1n) is 7.69. The number of benzene rings is 1. The molecule has 3 rings (SSSR count). The molecule has 3 amide bonds. The van der Waals surface area contributed by atoms with Gasteiger partial charge >= 0.3 is 6.03 Å². The molecule has 0 radical (unpaired) electrons. The Bertz CT molecular complexity index is 574. The summed E-state index contributed by atoms with van der Waals surface area (Å²) >= 11 is 0. The van der Waals surface area contributed by atoms with Crippen molar-refractivity contribution < 1.29 is 9.59 Å². The van der Waals surface area contributed by atoms with E-state index < -0.39 is 0 Å². The van der Waals surface area contributed by atoms with E-state index in [-0.39, 0.29) is 24.0 Å². The zero-order valence-corrected chi connectivity index (χ0v) is 12.5. The van der Waals surface area contributed by atoms with Gasteiger partial charge in [-0.3, -0.25) is 4.79 Å². The molecule has 2 aliphatic rings. The monoisotopic (exact) mass is 299 g/mol. The Morgan fingerprint density at radius 2 is 1.95 bits per heavy atom. The third-order valence-corrected chi connectivity index (χ3v) is 4.37. The predicted octanol–water partition coefficient (Wildman–Crippen LogP) is 1.24. The van der Waals surface area contributed by atoms with Gasteiger partial charge in [0.25, 0.3) is 0 Å². The molecule has 0 aromatic heterocycles. The zero-order valence-electron chi connectivity index (χ0n) is 12.5. The summed E-state index contributed by atoms with van der Waals surface area (Å²) in [4.78, 5) is 25.9. The number of nitrogens with one attached hydrogen (secondary N) is 2. The Hall–Kier alpha value is -2.30. The fourth-order valence-electron chi connectivity index (χ4n) is 3.34. The fraction of sp³-hybridized carbons (Fsp3) is 0.412. The van der Waals surface area contributed by atoms with Gasteiger partial charge in [0.2, 0.25) is 5.91 Å². The van der Waals surface area contributed by atoms with Crippen molar-refractivity contribution in [3.8, 4) is 0 Å². The van der Waals surface area contributed by atoms with Crippen molar-refractivity contribution in [3.63, 3.8) is 0 Å². The van der Waals surface area contributed by atoms with Crippen LogP contribution in [0.4, 0.5) is 4.79 Å². The number of urea groups is 1. The van der Waals surface area contributed by atoms with E-state index in [2.05, 4.69) is 29.3 Å². The number of carbonyl (C=O) groups excluding carboxylic acids is 2. The van der Waals surface area contributed by atoms with E-state index in [0.717, 1.165) is 12.8 Å². The van der Waals surface area contributed by atoms with Crippen LogP contribution in [-0.2, 0) is 17.6 Å². The number of amides is 3. The number of nitrogens with zero attached hydrogens (tertiary/aromatic N) is 1. The number of hydrogen-bond acceptors (Lipinski definition) is 2. The highest BCUT2D eigenvalue weighted by Crippen LogP contribution is 2.28. The van der Waals surface area contributed by atoms with Crippen LogP contribution in [-0.4, -0.2) is 42.0 Å². The van der Waals surface area contributed by atoms with Crippen LogP contribution in [0.3, 0.4) is 0 Å². The van der Waals surface area contributed by atoms with Crippen LogP contribution in [0.25, 0.3) is 0 Å². The van der Waals surface area contributed by atoms with Gasteiger partial charge in [0.1, 0.15) is 0 Å². The van der Waals surface area contributed by atoms with Gasteiger partial charge in [-0.15, -0.1) is 6.58 Å². The third-order valence-electron chi connectivity index (χ3n) is 4.37. The normalized spacial score (nSPS) is 20.8. The van der Waals surface area contributed by atoms with Crippen LogP contribution in [0.5, 0.6) is 0 Å². The van der Waals surface area contributed by atoms with Crippen molar-refractivity contribution in [1.29, 1.82) is 0 Å². The molecule has 1 aliphatic carbocycles. The maximum absolute atomic E-state index is 12.3. The molecule has 5 heteroatoms. The fourth-order valence-corrected chi connectivity index (χ4v) is 3.34. The molecule has 1 unspecified atom stereocenters. The van der Waals surface area contributed by atoms with Gasteiger partial charge in [0.05, 0.1) is 6.04 Å². The van der Waals surface area contributed by atoms with Crippen molar-refractivity contribution in [3.05, 3.63) is 48.0 Å². The van der Waals surface area contributed by atoms with Gasteiger partial charge in [-0.1, -0.05) is 30.3 Å². The molecule has 1 aromatic rings. The largest absolute Gasteiger partial charge is 0.337 e. The Kier molecular flexibility index (Phi) is 4.13. The SMILES string of the molecule is C=CCNC(=O)NC1CC(=O)N(C2Cc3ccccc3C2)C1. The van der Waals surface area contributed by atoms with E-state index in [4.69, 9.17) is 0 Å². The lowest BCUT2D eigenvalue weighted by Gasteiger charge is -2.24. The van der Waals surface area contributed by atoms with E-state index in [1.54, 1.807) is 6.08 Å². The summed E-state index contributed by atoms with van der Waals surface area (Å²) in [7, 11) is 0. The first-order valence-corrected chi connectivity index (χ1v) is 7.69. The third kappa shape index (κ3) is 2.98. The highest BCUT2D eigenvalue weighted by molar-refractivity contribution is 5.82. The molecule has 1 aliphatic heterocycles. The van der Waals surface area contributed by atoms with Crippen molar-refractivity contribution in [2.75, 3.05) is 13.1 Å². The topological polar surface area (TPSA) is 61.4 Å². The van der Waals surface area contributed by atoms with Gasteiger partial charge in [-0.2, -0.15) is 0 Å². The summed E-state index contributed by atoms with van der Waals surface area (Å²) in [5.41, 5.74) is 2.67. The summed E-state index contributed by atoms with van der Waals surface area (Å²) in [6, 6.07) is 8.23. The molecule has 1 atom stereocenters. The molecule has 0 saturated carbocycles. The molecule has 5 nitrogen and oxygen atoms in total. The van der Waals surface area contributed by atoms with Crippen LogP contribution >= 0.6 is 0 Å². The second kappa shape index (κ2) is 6.22. The minimum Gasteiger partial charge on any atom is -0.337 e. The highest BCUT2D eigenvalue weighted by Gasteiger charge is 2.37. The minimum absolute atomic E-state index is 0.110. The molecule has 1 heterocycles. The van der Waals surface area contributed by atoms with Gasteiger partial charge in [0.15, 0.2) is 0 Å². The first kappa shape index (κ1) is 14.6. The van der Waals surface area contributed by atoms with Crippen LogP contribution in [0.2, 0.25) is 0 Å². The minimum atomic E-state index is -0.241. The van der Waals surface area contributed by atoms with Gasteiger partial charge < -0.3 is 15.5 Å². The van der Waals surface area contributed by atoms with E-state index in [9.17, 15) is 9.59 Å². The summed E-state index contributed by atoms with van der Waals surface area (Å²) in [5, 5.41) is 5.53. The molecule has 22 heavy (non-hydrogen) atoms. The number of carbonyl (C=O) groups is 2. The van der Waals surface area contributed by atoms with Crippen LogP contribution in [0.1, 0.15) is 17.5 Å². The Labute approximate surface area is 130 Å². The van der Waals surface area contributed by atoms with E-state index in [1.807, 2.05) is 17.0 Å². The average molecular weight is 299 g/mol. The lowest BCUT2D eigenvalue weighted by molar-refractivity contribution is -0.129. The summed E-state index contributed by atoms with van der Waals surface area (Å²) < 4.78 is 0. The molecule has 0 bridgehead atoms. The quantitative estimate of drug-likeness (QED) is 0.822. The number of fused-ring (bicyclic) bond motifs is 1. The summed E-state index contributed by atoms with van der Waals surface area (Å²) in [6.07, 6.45) is 3.84. The molecule has 116 valence electrons. The molecular weight excluding hydrogens is 278 g/mol. The Balaban J connectivity index is 1.57. The Morgan fingerprint density at radius 3 is 2.59 bits per heavy atom. The van der Waals surface area contributed by atoms with Crippen LogP contribution in [0, 0.1) is 0 Å². The second-order valence-electron chi connectivity index (χ2n) is 5.92. The highest BCUT2D eigenvalue weighted by atomic mass is 16.2. The maximum atomic E-state index is 12.3. The molecule has 2 N–H and O–H groups in total. The summed E-state index contributed by atoms with van der Waals surface area (Å²) in [6.45, 7) is 4.58. The maximum Gasteiger partial charge on any atom is 0.315 e. The van der Waals surface area contributed by atoms with Crippen LogP contribution < -0.4 is 10.6 Å². The molecule has 1 fully saturated rings. The summed E-state index contributed by atoms with van der Waals surface area (Å²) in [5.74, 6) is 0.131. The predicted molar refractivity (Wildman–Crippen MR) is 84.5 cm³/mol. The molecular formula is C17H21N3O2. The average Bonchev–Trinajstić information content (AvgIpc) is 3.08. The molecule has 1 aromatic carbocycles. The van der Waals surface area contributed by atoms with Crippen molar-refractivity contribution in [2.24, 2.45) is 0 Å². The standard InChI is InChI=1S/C17H21N3O2/c1-2-7-18-17(22)19-14-10-16(21)20(11-14)15-8-12-5-3-4-6-13(12)9-15/h2-6,14-15H,1,7-11H2,(H2,18,19,22). The first-order chi connectivity index (χ1) is 10.7. The van der Waals surface area contributed by atoms with Crippen molar-refractivity contribution in [1.82, 2.24) is 15.5 Å².